The molecule has 156 valence electrons. The van der Waals surface area contributed by atoms with Gasteiger partial charge in [-0.25, -0.2) is 0 Å². The highest BCUT2D eigenvalue weighted by molar-refractivity contribution is 6.31. The van der Waals surface area contributed by atoms with Crippen LogP contribution in [-0.2, 0) is 14.3 Å². The van der Waals surface area contributed by atoms with E-state index >= 15 is 0 Å². The number of halogens is 1. The summed E-state index contributed by atoms with van der Waals surface area (Å²) >= 11 is 5.94. The molecule has 0 saturated heterocycles. The van der Waals surface area contributed by atoms with E-state index in [1.807, 2.05) is 19.1 Å². The molecular formula is C21H24ClNO6. The lowest BCUT2D eigenvalue weighted by Gasteiger charge is -2.16. The third-order valence-corrected chi connectivity index (χ3v) is 4.04. The summed E-state index contributed by atoms with van der Waals surface area (Å²) in [6.07, 6.45) is -1.01. The van der Waals surface area contributed by atoms with Crippen LogP contribution in [0.5, 0.6) is 17.2 Å². The van der Waals surface area contributed by atoms with E-state index in [-0.39, 0.29) is 13.0 Å². The van der Waals surface area contributed by atoms with Gasteiger partial charge in [0.2, 0.25) is 0 Å². The van der Waals surface area contributed by atoms with Crippen LogP contribution in [0, 0.1) is 0 Å². The Morgan fingerprint density at radius 2 is 1.76 bits per heavy atom. The van der Waals surface area contributed by atoms with Crippen LogP contribution in [0.15, 0.2) is 42.5 Å². The third-order valence-electron chi connectivity index (χ3n) is 3.81. The molecule has 8 heteroatoms. The number of carbonyl (C=O) groups is 2. The molecule has 1 amide bonds. The van der Waals surface area contributed by atoms with Gasteiger partial charge in [0.05, 0.1) is 32.4 Å². The maximum Gasteiger partial charge on any atom is 0.310 e. The first-order chi connectivity index (χ1) is 13.9. The molecule has 0 spiro atoms. The van der Waals surface area contributed by atoms with Crippen molar-refractivity contribution in [2.45, 2.75) is 26.4 Å². The van der Waals surface area contributed by atoms with Crippen molar-refractivity contribution >= 4 is 29.2 Å². The Kier molecular flexibility index (Phi) is 8.61. The lowest BCUT2D eigenvalue weighted by molar-refractivity contribution is -0.153. The number of hydrogen-bond donors (Lipinski definition) is 1. The number of esters is 1. The highest BCUT2D eigenvalue weighted by Gasteiger charge is 2.19. The van der Waals surface area contributed by atoms with Gasteiger partial charge in [-0.3, -0.25) is 9.59 Å². The van der Waals surface area contributed by atoms with Gasteiger partial charge < -0.3 is 24.3 Å². The van der Waals surface area contributed by atoms with Gasteiger partial charge in [0.1, 0.15) is 5.75 Å². The molecule has 0 aromatic heterocycles. The highest BCUT2D eigenvalue weighted by Crippen LogP contribution is 2.28. The molecule has 0 aliphatic heterocycles. The number of anilines is 1. The van der Waals surface area contributed by atoms with Crippen molar-refractivity contribution in [3.63, 3.8) is 0 Å². The van der Waals surface area contributed by atoms with Crippen molar-refractivity contribution in [2.24, 2.45) is 0 Å². The molecule has 2 rings (SSSR count). The molecular weight excluding hydrogens is 398 g/mol. The molecule has 0 heterocycles. The Morgan fingerprint density at radius 3 is 2.41 bits per heavy atom. The average Bonchev–Trinajstić information content (AvgIpc) is 2.69. The predicted octanol–water partition coefficient (Wildman–Crippen LogP) is 4.09. The van der Waals surface area contributed by atoms with Gasteiger partial charge in [-0.15, -0.1) is 0 Å². The van der Waals surface area contributed by atoms with Crippen molar-refractivity contribution < 1.29 is 28.5 Å². The number of ether oxygens (including phenoxy) is 4. The Bertz CT molecular complexity index is 842. The minimum atomic E-state index is -0.998. The molecule has 0 unspecified atom stereocenters. The average molecular weight is 422 g/mol. The van der Waals surface area contributed by atoms with E-state index in [0.717, 1.165) is 0 Å². The largest absolute Gasteiger partial charge is 0.495 e. The normalized spacial score (nSPS) is 11.3. The predicted molar refractivity (Wildman–Crippen MR) is 110 cm³/mol. The standard InChI is InChI=1S/C21H24ClNO6/c1-4-27-18-7-5-6-8-19(18)28-12-11-20(24)29-14(2)21(25)23-16-13-15(22)9-10-17(16)26-3/h5-10,13-14H,4,11-12H2,1-3H3,(H,23,25)/t14-/m0/s1. The number of amides is 1. The van der Waals surface area contributed by atoms with Gasteiger partial charge in [-0.05, 0) is 44.2 Å². The molecule has 0 saturated carbocycles. The summed E-state index contributed by atoms with van der Waals surface area (Å²) in [4.78, 5) is 24.3. The van der Waals surface area contributed by atoms with Gasteiger partial charge in [-0.2, -0.15) is 0 Å². The molecule has 0 aliphatic carbocycles. The maximum atomic E-state index is 12.3. The van der Waals surface area contributed by atoms with Crippen LogP contribution in [0.2, 0.25) is 5.02 Å². The first-order valence-corrected chi connectivity index (χ1v) is 9.51. The number of hydrogen-bond acceptors (Lipinski definition) is 6. The van der Waals surface area contributed by atoms with E-state index < -0.39 is 18.0 Å². The number of carbonyl (C=O) groups excluding carboxylic acids is 2. The fourth-order valence-corrected chi connectivity index (χ4v) is 2.58. The number of methoxy groups -OCH3 is 1. The maximum absolute atomic E-state index is 12.3. The number of rotatable bonds is 10. The summed E-state index contributed by atoms with van der Waals surface area (Å²) in [5, 5.41) is 3.08. The van der Waals surface area contributed by atoms with Crippen molar-refractivity contribution in [3.8, 4) is 17.2 Å². The number of nitrogens with one attached hydrogen (secondary N) is 1. The van der Waals surface area contributed by atoms with Crippen molar-refractivity contribution in [3.05, 3.63) is 47.5 Å². The van der Waals surface area contributed by atoms with Crippen molar-refractivity contribution in [1.29, 1.82) is 0 Å². The van der Waals surface area contributed by atoms with Crippen LogP contribution in [0.3, 0.4) is 0 Å². The fourth-order valence-electron chi connectivity index (χ4n) is 2.41. The minimum absolute atomic E-state index is 0.0153. The van der Waals surface area contributed by atoms with E-state index in [2.05, 4.69) is 5.32 Å². The fraction of sp³-hybridized carbons (Fsp3) is 0.333. The quantitative estimate of drug-likeness (QED) is 0.582. The van der Waals surface area contributed by atoms with Gasteiger partial charge >= 0.3 is 5.97 Å². The van der Waals surface area contributed by atoms with Crippen molar-refractivity contribution in [2.75, 3.05) is 25.6 Å². The molecule has 0 radical (unpaired) electrons. The number of benzene rings is 2. The second-order valence-electron chi connectivity index (χ2n) is 5.94. The van der Waals surface area contributed by atoms with E-state index in [1.54, 1.807) is 30.3 Å². The van der Waals surface area contributed by atoms with Gasteiger partial charge in [0.25, 0.3) is 5.91 Å². The smallest absolute Gasteiger partial charge is 0.310 e. The summed E-state index contributed by atoms with van der Waals surface area (Å²) in [5.74, 6) is 0.538. The first kappa shape index (κ1) is 22.4. The van der Waals surface area contributed by atoms with Gasteiger partial charge in [0, 0.05) is 5.02 Å². The Balaban J connectivity index is 1.83. The first-order valence-electron chi connectivity index (χ1n) is 9.13. The van der Waals surface area contributed by atoms with E-state index in [0.29, 0.717) is 34.6 Å². The Morgan fingerprint density at radius 1 is 1.07 bits per heavy atom. The van der Waals surface area contributed by atoms with Crippen LogP contribution < -0.4 is 19.5 Å². The second kappa shape index (κ2) is 11.2. The monoisotopic (exact) mass is 421 g/mol. The van der Waals surface area contributed by atoms with E-state index in [1.165, 1.54) is 14.0 Å². The topological polar surface area (TPSA) is 83.1 Å². The summed E-state index contributed by atoms with van der Waals surface area (Å²) in [6, 6.07) is 12.0. The Labute approximate surface area is 174 Å². The molecule has 0 fully saturated rings. The number of para-hydroxylation sites is 2. The van der Waals surface area contributed by atoms with Crippen LogP contribution in [0.4, 0.5) is 5.69 Å². The van der Waals surface area contributed by atoms with Crippen LogP contribution in [-0.4, -0.2) is 38.3 Å². The summed E-state index contributed by atoms with van der Waals surface area (Å²) in [7, 11) is 1.48. The molecule has 2 aromatic carbocycles. The molecule has 0 aliphatic rings. The second-order valence-corrected chi connectivity index (χ2v) is 6.38. The van der Waals surface area contributed by atoms with Crippen LogP contribution in [0.25, 0.3) is 0 Å². The van der Waals surface area contributed by atoms with Crippen LogP contribution in [0.1, 0.15) is 20.3 Å². The van der Waals surface area contributed by atoms with Crippen LogP contribution >= 0.6 is 11.6 Å². The van der Waals surface area contributed by atoms with Gasteiger partial charge in [-0.1, -0.05) is 23.7 Å². The summed E-state index contributed by atoms with van der Waals surface area (Å²) in [5.41, 5.74) is 0.392. The molecule has 0 bridgehead atoms. The zero-order valence-corrected chi connectivity index (χ0v) is 17.3. The molecule has 1 N–H and O–H groups in total. The lowest BCUT2D eigenvalue weighted by Crippen LogP contribution is -2.30. The highest BCUT2D eigenvalue weighted by atomic mass is 35.5. The molecule has 7 nitrogen and oxygen atoms in total. The SMILES string of the molecule is CCOc1ccccc1OCCC(=O)O[C@@H](C)C(=O)Nc1cc(Cl)ccc1OC. The van der Waals surface area contributed by atoms with Gasteiger partial charge in [0.15, 0.2) is 17.6 Å². The zero-order valence-electron chi connectivity index (χ0n) is 16.6. The Hall–Kier alpha value is -2.93. The molecule has 2 aromatic rings. The molecule has 1 atom stereocenters. The van der Waals surface area contributed by atoms with E-state index in [4.69, 9.17) is 30.5 Å². The van der Waals surface area contributed by atoms with E-state index in [9.17, 15) is 9.59 Å². The minimum Gasteiger partial charge on any atom is -0.495 e. The zero-order chi connectivity index (χ0) is 21.2. The third kappa shape index (κ3) is 6.87. The summed E-state index contributed by atoms with van der Waals surface area (Å²) < 4.78 is 21.4. The lowest BCUT2D eigenvalue weighted by atomic mass is 10.2. The van der Waals surface area contributed by atoms with Crippen molar-refractivity contribution in [1.82, 2.24) is 0 Å². The summed E-state index contributed by atoms with van der Waals surface area (Å²) in [6.45, 7) is 3.96. The molecule has 29 heavy (non-hydrogen) atoms.